The SMILES string of the molecule is CC1Oc2ccc(C(=O)C3CCN(C(=O)C4CNC4)CC3)cc2NC1=O.Cl. The molecule has 1 atom stereocenters. The number of amides is 2. The van der Waals surface area contributed by atoms with Gasteiger partial charge in [-0.15, -0.1) is 12.4 Å². The number of hydrogen-bond acceptors (Lipinski definition) is 5. The van der Waals surface area contributed by atoms with Gasteiger partial charge in [0.2, 0.25) is 5.91 Å². The van der Waals surface area contributed by atoms with Crippen LogP contribution < -0.4 is 15.4 Å². The molecule has 2 saturated heterocycles. The zero-order chi connectivity index (χ0) is 18.3. The van der Waals surface area contributed by atoms with Gasteiger partial charge in [0.25, 0.3) is 5.91 Å². The summed E-state index contributed by atoms with van der Waals surface area (Å²) >= 11 is 0. The van der Waals surface area contributed by atoms with Crippen LogP contribution in [0.4, 0.5) is 5.69 Å². The standard InChI is InChI=1S/C19H23N3O4.ClH/c1-11-18(24)21-15-8-13(2-3-16(15)26-11)17(23)12-4-6-22(7-5-12)19(25)14-9-20-10-14;/h2-3,8,11-12,14,20H,4-7,9-10H2,1H3,(H,21,24);1H. The average Bonchev–Trinajstić information content (AvgIpc) is 2.60. The number of piperidine rings is 1. The van der Waals surface area contributed by atoms with E-state index in [1.54, 1.807) is 25.1 Å². The van der Waals surface area contributed by atoms with Crippen molar-refractivity contribution in [1.82, 2.24) is 10.2 Å². The lowest BCUT2D eigenvalue weighted by molar-refractivity contribution is -0.138. The average molecular weight is 394 g/mol. The molecule has 4 rings (SSSR count). The first-order valence-corrected chi connectivity index (χ1v) is 9.18. The van der Waals surface area contributed by atoms with Crippen LogP contribution >= 0.6 is 12.4 Å². The smallest absolute Gasteiger partial charge is 0.265 e. The summed E-state index contributed by atoms with van der Waals surface area (Å²) in [4.78, 5) is 38.8. The van der Waals surface area contributed by atoms with Crippen molar-refractivity contribution in [3.63, 3.8) is 0 Å². The Bertz CT molecular complexity index is 757. The second kappa shape index (κ2) is 7.86. The van der Waals surface area contributed by atoms with Gasteiger partial charge in [-0.05, 0) is 38.0 Å². The first-order chi connectivity index (χ1) is 12.5. The van der Waals surface area contributed by atoms with E-state index in [0.717, 1.165) is 13.1 Å². The van der Waals surface area contributed by atoms with E-state index in [1.807, 2.05) is 4.90 Å². The third-order valence-corrected chi connectivity index (χ3v) is 5.50. The zero-order valence-electron chi connectivity index (χ0n) is 15.2. The van der Waals surface area contributed by atoms with Crippen LogP contribution in [0, 0.1) is 11.8 Å². The molecule has 2 amide bonds. The van der Waals surface area contributed by atoms with Gasteiger partial charge in [-0.2, -0.15) is 0 Å². The van der Waals surface area contributed by atoms with E-state index in [4.69, 9.17) is 4.74 Å². The molecule has 0 aromatic heterocycles. The molecule has 0 radical (unpaired) electrons. The molecule has 8 heteroatoms. The maximum absolute atomic E-state index is 12.8. The number of carbonyl (C=O) groups excluding carboxylic acids is 3. The van der Waals surface area contributed by atoms with Crippen LogP contribution in [0.25, 0.3) is 0 Å². The lowest BCUT2D eigenvalue weighted by atomic mass is 9.88. The summed E-state index contributed by atoms with van der Waals surface area (Å²) in [7, 11) is 0. The fourth-order valence-corrected chi connectivity index (χ4v) is 3.68. The van der Waals surface area contributed by atoms with Crippen LogP contribution in [-0.4, -0.2) is 54.8 Å². The molecule has 1 aromatic carbocycles. The summed E-state index contributed by atoms with van der Waals surface area (Å²) in [6.45, 7) is 4.48. The first kappa shape index (κ1) is 19.6. The minimum atomic E-state index is -0.531. The number of benzene rings is 1. The van der Waals surface area contributed by atoms with Gasteiger partial charge in [-0.1, -0.05) is 0 Å². The summed E-state index contributed by atoms with van der Waals surface area (Å²) in [6, 6.07) is 5.18. The van der Waals surface area contributed by atoms with E-state index in [2.05, 4.69) is 10.6 Å². The normalized spacial score (nSPS) is 22.6. The monoisotopic (exact) mass is 393 g/mol. The van der Waals surface area contributed by atoms with E-state index in [-0.39, 0.29) is 41.8 Å². The summed E-state index contributed by atoms with van der Waals surface area (Å²) < 4.78 is 5.53. The van der Waals surface area contributed by atoms with E-state index in [9.17, 15) is 14.4 Å². The van der Waals surface area contributed by atoms with Crippen molar-refractivity contribution in [2.75, 3.05) is 31.5 Å². The Balaban J connectivity index is 0.00000210. The summed E-state index contributed by atoms with van der Waals surface area (Å²) in [5.74, 6) is 0.669. The highest BCUT2D eigenvalue weighted by molar-refractivity contribution is 6.02. The molecule has 0 aliphatic carbocycles. The molecular weight excluding hydrogens is 370 g/mol. The van der Waals surface area contributed by atoms with Gasteiger partial charge in [0, 0.05) is 37.7 Å². The van der Waals surface area contributed by atoms with Crippen molar-refractivity contribution in [2.24, 2.45) is 11.8 Å². The molecule has 2 N–H and O–H groups in total. The number of rotatable bonds is 3. The molecule has 0 saturated carbocycles. The number of ether oxygens (including phenoxy) is 1. The van der Waals surface area contributed by atoms with E-state index < -0.39 is 6.10 Å². The van der Waals surface area contributed by atoms with Gasteiger partial charge >= 0.3 is 0 Å². The number of likely N-dealkylation sites (tertiary alicyclic amines) is 1. The third kappa shape index (κ3) is 3.80. The number of ketones is 1. The molecule has 2 fully saturated rings. The third-order valence-electron chi connectivity index (χ3n) is 5.50. The number of anilines is 1. The molecule has 1 unspecified atom stereocenters. The minimum absolute atomic E-state index is 0. The molecule has 0 bridgehead atoms. The predicted molar refractivity (Wildman–Crippen MR) is 102 cm³/mol. The Labute approximate surface area is 164 Å². The number of nitrogens with one attached hydrogen (secondary N) is 2. The van der Waals surface area contributed by atoms with Gasteiger partial charge in [-0.3, -0.25) is 14.4 Å². The van der Waals surface area contributed by atoms with Gasteiger partial charge in [-0.25, -0.2) is 0 Å². The highest BCUT2D eigenvalue weighted by Crippen LogP contribution is 2.32. The molecule has 3 aliphatic heterocycles. The number of Topliss-reactive ketones (excluding diaryl/α,β-unsaturated/α-hetero) is 1. The second-order valence-electron chi connectivity index (χ2n) is 7.28. The zero-order valence-corrected chi connectivity index (χ0v) is 16.0. The van der Waals surface area contributed by atoms with Crippen molar-refractivity contribution in [1.29, 1.82) is 0 Å². The number of nitrogens with zero attached hydrogens (tertiary/aromatic N) is 1. The van der Waals surface area contributed by atoms with Crippen LogP contribution in [-0.2, 0) is 9.59 Å². The summed E-state index contributed by atoms with van der Waals surface area (Å²) in [6.07, 6.45) is 0.834. The van der Waals surface area contributed by atoms with Crippen LogP contribution in [0.1, 0.15) is 30.1 Å². The number of halogens is 1. The van der Waals surface area contributed by atoms with Crippen molar-refractivity contribution < 1.29 is 19.1 Å². The number of fused-ring (bicyclic) bond motifs is 1. The van der Waals surface area contributed by atoms with E-state index in [0.29, 0.717) is 42.9 Å². The highest BCUT2D eigenvalue weighted by Gasteiger charge is 2.34. The molecule has 0 spiro atoms. The number of carbonyl (C=O) groups is 3. The Morgan fingerprint density at radius 3 is 2.48 bits per heavy atom. The molecule has 7 nitrogen and oxygen atoms in total. The van der Waals surface area contributed by atoms with Crippen molar-refractivity contribution >= 4 is 35.7 Å². The Morgan fingerprint density at radius 1 is 1.15 bits per heavy atom. The van der Waals surface area contributed by atoms with Crippen LogP contribution in [0.3, 0.4) is 0 Å². The molecule has 1 aromatic rings. The first-order valence-electron chi connectivity index (χ1n) is 9.18. The molecule has 3 heterocycles. The van der Waals surface area contributed by atoms with Crippen molar-refractivity contribution in [3.05, 3.63) is 23.8 Å². The maximum Gasteiger partial charge on any atom is 0.265 e. The van der Waals surface area contributed by atoms with Gasteiger partial charge in [0.05, 0.1) is 11.6 Å². The van der Waals surface area contributed by atoms with Crippen molar-refractivity contribution in [3.8, 4) is 5.75 Å². The molecule has 146 valence electrons. The maximum atomic E-state index is 12.8. The Kier molecular flexibility index (Phi) is 5.72. The van der Waals surface area contributed by atoms with Crippen LogP contribution in [0.5, 0.6) is 5.75 Å². The van der Waals surface area contributed by atoms with E-state index in [1.165, 1.54) is 0 Å². The lowest BCUT2D eigenvalue weighted by Crippen LogP contribution is -2.53. The quantitative estimate of drug-likeness (QED) is 0.759. The minimum Gasteiger partial charge on any atom is -0.479 e. The number of hydrogen-bond donors (Lipinski definition) is 2. The summed E-state index contributed by atoms with van der Waals surface area (Å²) in [5.41, 5.74) is 1.12. The Morgan fingerprint density at radius 2 is 1.85 bits per heavy atom. The molecular formula is C19H24ClN3O4. The predicted octanol–water partition coefficient (Wildman–Crippen LogP) is 1.47. The van der Waals surface area contributed by atoms with Crippen molar-refractivity contribution in [2.45, 2.75) is 25.9 Å². The van der Waals surface area contributed by atoms with Crippen LogP contribution in [0.2, 0.25) is 0 Å². The Hall–Kier alpha value is -2.12. The van der Waals surface area contributed by atoms with Gasteiger partial charge in [0.1, 0.15) is 5.75 Å². The lowest BCUT2D eigenvalue weighted by Gasteiger charge is -2.36. The summed E-state index contributed by atoms with van der Waals surface area (Å²) in [5, 5.41) is 5.90. The topological polar surface area (TPSA) is 87.7 Å². The highest BCUT2D eigenvalue weighted by atomic mass is 35.5. The molecule has 27 heavy (non-hydrogen) atoms. The van der Waals surface area contributed by atoms with Gasteiger partial charge in [0.15, 0.2) is 11.9 Å². The van der Waals surface area contributed by atoms with E-state index >= 15 is 0 Å². The van der Waals surface area contributed by atoms with Crippen LogP contribution in [0.15, 0.2) is 18.2 Å². The second-order valence-corrected chi connectivity index (χ2v) is 7.28. The largest absolute Gasteiger partial charge is 0.479 e. The fraction of sp³-hybridized carbons (Fsp3) is 0.526. The van der Waals surface area contributed by atoms with Gasteiger partial charge < -0.3 is 20.3 Å². The molecule has 3 aliphatic rings. The fourth-order valence-electron chi connectivity index (χ4n) is 3.68.